The molecule has 2 aromatic heterocycles. The van der Waals surface area contributed by atoms with Crippen LogP contribution in [0.4, 0.5) is 16.8 Å². The Morgan fingerprint density at radius 1 is 1.32 bits per heavy atom. The molecule has 5 rings (SSSR count). The first-order valence-corrected chi connectivity index (χ1v) is 12.3. The maximum absolute atomic E-state index is 11.9. The number of hydrogen-bond acceptors (Lipinski definition) is 9. The van der Waals surface area contributed by atoms with Crippen molar-refractivity contribution >= 4 is 34.0 Å². The number of carbonyl (C=O) groups is 1. The molecule has 2 aliphatic rings. The van der Waals surface area contributed by atoms with E-state index in [2.05, 4.69) is 50.7 Å². The van der Waals surface area contributed by atoms with Gasteiger partial charge < -0.3 is 25.0 Å². The third-order valence-electron chi connectivity index (χ3n) is 5.76. The highest BCUT2D eigenvalue weighted by Crippen LogP contribution is 2.34. The van der Waals surface area contributed by atoms with Crippen LogP contribution in [0.5, 0.6) is 5.88 Å². The summed E-state index contributed by atoms with van der Waals surface area (Å²) in [5.74, 6) is 1.49. The van der Waals surface area contributed by atoms with Gasteiger partial charge in [0.2, 0.25) is 17.7 Å². The van der Waals surface area contributed by atoms with Crippen LogP contribution in [0, 0.1) is 12.8 Å². The van der Waals surface area contributed by atoms with E-state index in [4.69, 9.17) is 9.47 Å². The summed E-state index contributed by atoms with van der Waals surface area (Å²) in [4.78, 5) is 28.5. The molecule has 34 heavy (non-hydrogen) atoms. The second kappa shape index (κ2) is 10.4. The number of nitrogens with one attached hydrogen (secondary N) is 2. The maximum atomic E-state index is 11.9. The first-order valence-electron chi connectivity index (χ1n) is 11.5. The van der Waals surface area contributed by atoms with Crippen molar-refractivity contribution in [3.63, 3.8) is 0 Å². The molecule has 0 aliphatic carbocycles. The molecule has 0 radical (unpaired) electrons. The summed E-state index contributed by atoms with van der Waals surface area (Å²) in [5, 5.41) is 7.07. The molecular formula is C24H28N6O3S. The Morgan fingerprint density at radius 3 is 3.15 bits per heavy atom. The molecule has 0 bridgehead atoms. The number of thiazole rings is 1. The van der Waals surface area contributed by atoms with Gasteiger partial charge in [-0.3, -0.25) is 4.79 Å². The van der Waals surface area contributed by atoms with Crippen LogP contribution in [0.15, 0.2) is 36.7 Å². The quantitative estimate of drug-likeness (QED) is 0.531. The van der Waals surface area contributed by atoms with Crippen molar-refractivity contribution in [1.29, 1.82) is 0 Å². The molecule has 1 amide bonds. The third-order valence-corrected chi connectivity index (χ3v) is 6.87. The summed E-state index contributed by atoms with van der Waals surface area (Å²) >= 11 is 1.59. The average molecular weight is 481 g/mol. The first kappa shape index (κ1) is 22.5. The lowest BCUT2D eigenvalue weighted by Gasteiger charge is -2.17. The molecule has 9 nitrogen and oxygen atoms in total. The normalized spacial score (nSPS) is 18.4. The van der Waals surface area contributed by atoms with E-state index in [1.807, 2.05) is 11.1 Å². The molecule has 2 N–H and O–H groups in total. The fourth-order valence-electron chi connectivity index (χ4n) is 4.04. The predicted molar refractivity (Wildman–Crippen MR) is 132 cm³/mol. The second-order valence-corrected chi connectivity index (χ2v) is 9.61. The molecule has 2 saturated heterocycles. The van der Waals surface area contributed by atoms with Crippen LogP contribution >= 0.6 is 11.3 Å². The maximum Gasteiger partial charge on any atom is 0.239 e. The van der Waals surface area contributed by atoms with E-state index in [1.54, 1.807) is 23.6 Å². The van der Waals surface area contributed by atoms with Crippen LogP contribution in [-0.4, -0.2) is 60.3 Å². The number of benzene rings is 1. The Labute approximate surface area is 202 Å². The minimum Gasteiger partial charge on any atom is -0.477 e. The standard InChI is InChI=1S/C24H28N6O3S/c1-16-9-18(20-12-27-24(34-20)30-7-2-5-25-21(31)13-30)11-19(10-16)28-23-26-6-3-22(29-23)33-15-17-4-8-32-14-17/h3,6,9-12,17H,2,4-5,7-8,13-15H2,1H3,(H,25,31)(H,26,28,29). The fraction of sp³-hybridized carbons (Fsp3) is 0.417. The molecule has 3 aromatic rings. The predicted octanol–water partition coefficient (Wildman–Crippen LogP) is 3.39. The molecule has 0 spiro atoms. The van der Waals surface area contributed by atoms with E-state index in [-0.39, 0.29) is 5.91 Å². The Kier molecular flexibility index (Phi) is 6.87. The van der Waals surface area contributed by atoms with E-state index in [1.165, 1.54) is 0 Å². The monoisotopic (exact) mass is 480 g/mol. The SMILES string of the molecule is Cc1cc(Nc2nccc(OCC3CCOC3)n2)cc(-c2cnc(N3CCCNC(=O)C3)s2)c1. The third kappa shape index (κ3) is 5.63. The lowest BCUT2D eigenvalue weighted by Crippen LogP contribution is -2.32. The van der Waals surface area contributed by atoms with Crippen molar-refractivity contribution in [3.05, 3.63) is 42.2 Å². The fourth-order valence-corrected chi connectivity index (χ4v) is 4.97. The van der Waals surface area contributed by atoms with Crippen molar-refractivity contribution in [2.75, 3.05) is 49.7 Å². The summed E-state index contributed by atoms with van der Waals surface area (Å²) in [7, 11) is 0. The number of anilines is 3. The number of hydrogen-bond donors (Lipinski definition) is 2. The number of amides is 1. The highest BCUT2D eigenvalue weighted by molar-refractivity contribution is 7.18. The van der Waals surface area contributed by atoms with Gasteiger partial charge in [-0.15, -0.1) is 0 Å². The van der Waals surface area contributed by atoms with E-state index in [9.17, 15) is 4.79 Å². The zero-order chi connectivity index (χ0) is 23.3. The Morgan fingerprint density at radius 2 is 2.26 bits per heavy atom. The first-order chi connectivity index (χ1) is 16.6. The Bertz CT molecular complexity index is 1150. The van der Waals surface area contributed by atoms with Gasteiger partial charge >= 0.3 is 0 Å². The van der Waals surface area contributed by atoms with Crippen LogP contribution < -0.4 is 20.3 Å². The molecule has 0 saturated carbocycles. The topological polar surface area (TPSA) is 102 Å². The minimum absolute atomic E-state index is 0.0408. The van der Waals surface area contributed by atoms with Crippen LogP contribution in [-0.2, 0) is 9.53 Å². The van der Waals surface area contributed by atoms with Gasteiger partial charge in [0.1, 0.15) is 0 Å². The smallest absolute Gasteiger partial charge is 0.239 e. The van der Waals surface area contributed by atoms with Crippen molar-refractivity contribution in [3.8, 4) is 16.3 Å². The van der Waals surface area contributed by atoms with E-state index in [0.29, 0.717) is 37.4 Å². The molecule has 178 valence electrons. The van der Waals surface area contributed by atoms with Crippen molar-refractivity contribution in [1.82, 2.24) is 20.3 Å². The summed E-state index contributed by atoms with van der Waals surface area (Å²) in [6.45, 7) is 6.06. The lowest BCUT2D eigenvalue weighted by molar-refractivity contribution is -0.119. The van der Waals surface area contributed by atoms with Crippen molar-refractivity contribution in [2.45, 2.75) is 19.8 Å². The minimum atomic E-state index is 0.0408. The van der Waals surface area contributed by atoms with Gasteiger partial charge in [-0.25, -0.2) is 9.97 Å². The molecule has 2 aliphatic heterocycles. The summed E-state index contributed by atoms with van der Waals surface area (Å²) in [6, 6.07) is 8.01. The molecule has 10 heteroatoms. The second-order valence-electron chi connectivity index (χ2n) is 8.60. The highest BCUT2D eigenvalue weighted by atomic mass is 32.1. The van der Waals surface area contributed by atoms with Crippen molar-refractivity contribution < 1.29 is 14.3 Å². The van der Waals surface area contributed by atoms with E-state index >= 15 is 0 Å². The number of nitrogens with zero attached hydrogens (tertiary/aromatic N) is 4. The number of ether oxygens (including phenoxy) is 2. The van der Waals surface area contributed by atoms with Gasteiger partial charge in [-0.05, 0) is 43.0 Å². The summed E-state index contributed by atoms with van der Waals surface area (Å²) in [5.41, 5.74) is 3.05. The van der Waals surface area contributed by atoms with Gasteiger partial charge in [0.15, 0.2) is 5.13 Å². The van der Waals surface area contributed by atoms with Gasteiger partial charge in [0, 0.05) is 49.8 Å². The summed E-state index contributed by atoms with van der Waals surface area (Å²) in [6.07, 6.45) is 5.50. The van der Waals surface area contributed by atoms with Gasteiger partial charge in [-0.1, -0.05) is 17.4 Å². The molecule has 1 unspecified atom stereocenters. The molecular weight excluding hydrogens is 452 g/mol. The largest absolute Gasteiger partial charge is 0.477 e. The molecule has 2 fully saturated rings. The van der Waals surface area contributed by atoms with Crippen molar-refractivity contribution in [2.24, 2.45) is 5.92 Å². The Balaban J connectivity index is 1.29. The Hall–Kier alpha value is -3.24. The average Bonchev–Trinajstić information content (AvgIpc) is 3.48. The van der Waals surface area contributed by atoms with Gasteiger partial charge in [0.25, 0.3) is 0 Å². The number of carbonyl (C=O) groups excluding carboxylic acids is 1. The van der Waals surface area contributed by atoms with Crippen LogP contribution in [0.1, 0.15) is 18.4 Å². The summed E-state index contributed by atoms with van der Waals surface area (Å²) < 4.78 is 11.3. The zero-order valence-corrected chi connectivity index (χ0v) is 19.9. The number of rotatable bonds is 7. The van der Waals surface area contributed by atoms with Crippen LogP contribution in [0.2, 0.25) is 0 Å². The number of aryl methyl sites for hydroxylation is 1. The van der Waals surface area contributed by atoms with E-state index in [0.717, 1.165) is 59.4 Å². The zero-order valence-electron chi connectivity index (χ0n) is 19.1. The van der Waals surface area contributed by atoms with E-state index < -0.39 is 0 Å². The molecule has 4 heterocycles. The van der Waals surface area contributed by atoms with Gasteiger partial charge in [-0.2, -0.15) is 4.98 Å². The number of aromatic nitrogens is 3. The lowest BCUT2D eigenvalue weighted by atomic mass is 10.1. The highest BCUT2D eigenvalue weighted by Gasteiger charge is 2.19. The van der Waals surface area contributed by atoms with Gasteiger partial charge in [0.05, 0.1) is 24.6 Å². The molecule has 1 aromatic carbocycles. The van der Waals surface area contributed by atoms with Crippen LogP contribution in [0.3, 0.4) is 0 Å². The molecule has 1 atom stereocenters. The van der Waals surface area contributed by atoms with Crippen LogP contribution in [0.25, 0.3) is 10.4 Å².